The number of hydrogen-bond donors (Lipinski definition) is 2. The van der Waals surface area contributed by atoms with E-state index in [1.807, 2.05) is 0 Å². The maximum Gasteiger partial charge on any atom is 0.255 e. The molecule has 0 radical (unpaired) electrons. The molecule has 0 bridgehead atoms. The highest BCUT2D eigenvalue weighted by Gasteiger charge is 2.11. The van der Waals surface area contributed by atoms with Gasteiger partial charge in [-0.3, -0.25) is 14.5 Å². The second-order valence-electron chi connectivity index (χ2n) is 6.61. The molecule has 2 N–H and O–H groups in total. The van der Waals surface area contributed by atoms with E-state index in [1.54, 1.807) is 24.3 Å². The van der Waals surface area contributed by atoms with Crippen LogP contribution in [0.3, 0.4) is 0 Å². The summed E-state index contributed by atoms with van der Waals surface area (Å²) in [5.41, 5.74) is 1.33. The Labute approximate surface area is 163 Å². The third-order valence-corrected chi connectivity index (χ3v) is 4.53. The Morgan fingerprint density at radius 2 is 1.75 bits per heavy atom. The number of nitrogens with zero attached hydrogens (tertiary/aromatic N) is 1. The minimum atomic E-state index is -0.399. The number of nitrogens with one attached hydrogen (secondary N) is 2. The number of anilines is 1. The van der Waals surface area contributed by atoms with E-state index in [4.69, 9.17) is 4.74 Å². The minimum Gasteiger partial charge on any atom is -0.379 e. The van der Waals surface area contributed by atoms with Gasteiger partial charge in [0, 0.05) is 36.4 Å². The Morgan fingerprint density at radius 3 is 2.50 bits per heavy atom. The van der Waals surface area contributed by atoms with E-state index in [1.165, 1.54) is 24.3 Å². The van der Waals surface area contributed by atoms with Crippen LogP contribution < -0.4 is 10.6 Å². The van der Waals surface area contributed by atoms with Crippen molar-refractivity contribution in [1.29, 1.82) is 0 Å². The summed E-state index contributed by atoms with van der Waals surface area (Å²) in [6, 6.07) is 12.0. The van der Waals surface area contributed by atoms with Crippen LogP contribution in [0.25, 0.3) is 0 Å². The minimum absolute atomic E-state index is 0.181. The molecule has 6 nitrogen and oxygen atoms in total. The zero-order valence-electron chi connectivity index (χ0n) is 15.6. The van der Waals surface area contributed by atoms with Gasteiger partial charge in [-0.2, -0.15) is 0 Å². The van der Waals surface area contributed by atoms with Crippen molar-refractivity contribution in [2.45, 2.75) is 6.42 Å². The van der Waals surface area contributed by atoms with Gasteiger partial charge in [-0.05, 0) is 55.4 Å². The van der Waals surface area contributed by atoms with E-state index in [0.717, 1.165) is 39.3 Å². The molecule has 1 saturated heterocycles. The van der Waals surface area contributed by atoms with Gasteiger partial charge in [-0.1, -0.05) is 6.07 Å². The molecule has 1 aliphatic heterocycles. The summed E-state index contributed by atoms with van der Waals surface area (Å²) in [4.78, 5) is 26.9. The van der Waals surface area contributed by atoms with Gasteiger partial charge in [0.2, 0.25) is 0 Å². The molecule has 0 saturated carbocycles. The quantitative estimate of drug-likeness (QED) is 0.719. The highest BCUT2D eigenvalue weighted by atomic mass is 19.1. The van der Waals surface area contributed by atoms with Crippen LogP contribution in [0, 0.1) is 5.82 Å². The van der Waals surface area contributed by atoms with Crippen LogP contribution in [0.5, 0.6) is 0 Å². The first kappa shape index (κ1) is 20.0. The lowest BCUT2D eigenvalue weighted by Crippen LogP contribution is -2.38. The van der Waals surface area contributed by atoms with Crippen molar-refractivity contribution in [2.75, 3.05) is 44.7 Å². The molecule has 0 aliphatic carbocycles. The molecule has 0 unspecified atom stereocenters. The van der Waals surface area contributed by atoms with Crippen LogP contribution in [-0.2, 0) is 4.74 Å². The fraction of sp³-hybridized carbons (Fsp3) is 0.333. The summed E-state index contributed by atoms with van der Waals surface area (Å²) in [5.74, 6) is -0.938. The average molecular weight is 385 g/mol. The SMILES string of the molecule is O=C(NCCCN1CCOCC1)c1cccc(NC(=O)c2ccc(F)cc2)c1. The summed E-state index contributed by atoms with van der Waals surface area (Å²) in [7, 11) is 0. The van der Waals surface area contributed by atoms with Crippen molar-refractivity contribution in [1.82, 2.24) is 10.2 Å². The van der Waals surface area contributed by atoms with Gasteiger partial charge in [-0.25, -0.2) is 4.39 Å². The van der Waals surface area contributed by atoms with Crippen molar-refractivity contribution < 1.29 is 18.7 Å². The standard InChI is InChI=1S/C21H24FN3O3/c22-18-7-5-16(6-8-18)21(27)24-19-4-1-3-17(15-19)20(26)23-9-2-10-25-11-13-28-14-12-25/h1,3-8,15H,2,9-14H2,(H,23,26)(H,24,27). The van der Waals surface area contributed by atoms with Crippen LogP contribution >= 0.6 is 0 Å². The smallest absolute Gasteiger partial charge is 0.255 e. The molecule has 148 valence electrons. The van der Waals surface area contributed by atoms with Gasteiger partial charge in [0.25, 0.3) is 11.8 Å². The zero-order chi connectivity index (χ0) is 19.8. The number of ether oxygens (including phenoxy) is 1. The third-order valence-electron chi connectivity index (χ3n) is 4.53. The number of carbonyl (C=O) groups excluding carboxylic acids is 2. The molecule has 1 fully saturated rings. The van der Waals surface area contributed by atoms with Crippen LogP contribution in [0.15, 0.2) is 48.5 Å². The second kappa shape index (κ2) is 9.96. The summed E-state index contributed by atoms with van der Waals surface area (Å²) in [6.07, 6.45) is 0.868. The number of morpholine rings is 1. The van der Waals surface area contributed by atoms with Gasteiger partial charge < -0.3 is 15.4 Å². The molecule has 2 aromatic carbocycles. The first-order valence-electron chi connectivity index (χ1n) is 9.37. The highest BCUT2D eigenvalue weighted by molar-refractivity contribution is 6.05. The van der Waals surface area contributed by atoms with Crippen LogP contribution in [-0.4, -0.2) is 56.1 Å². The summed E-state index contributed by atoms with van der Waals surface area (Å²) >= 11 is 0. The predicted molar refractivity (Wildman–Crippen MR) is 105 cm³/mol. The van der Waals surface area contributed by atoms with Crippen LogP contribution in [0.2, 0.25) is 0 Å². The van der Waals surface area contributed by atoms with Gasteiger partial charge in [-0.15, -0.1) is 0 Å². The average Bonchev–Trinajstić information content (AvgIpc) is 2.72. The van der Waals surface area contributed by atoms with E-state index in [2.05, 4.69) is 15.5 Å². The van der Waals surface area contributed by atoms with Crippen LogP contribution in [0.4, 0.5) is 10.1 Å². The van der Waals surface area contributed by atoms with E-state index in [-0.39, 0.29) is 11.8 Å². The second-order valence-corrected chi connectivity index (χ2v) is 6.61. The van der Waals surface area contributed by atoms with E-state index in [0.29, 0.717) is 23.4 Å². The van der Waals surface area contributed by atoms with Gasteiger partial charge >= 0.3 is 0 Å². The first-order chi connectivity index (χ1) is 13.6. The molecule has 2 aromatic rings. The molecule has 0 atom stereocenters. The molecule has 1 heterocycles. The molecule has 28 heavy (non-hydrogen) atoms. The molecular weight excluding hydrogens is 361 g/mol. The number of amides is 2. The summed E-state index contributed by atoms with van der Waals surface area (Å²) in [6.45, 7) is 4.92. The van der Waals surface area contributed by atoms with Crippen molar-refractivity contribution in [3.8, 4) is 0 Å². The van der Waals surface area contributed by atoms with Crippen molar-refractivity contribution in [3.05, 3.63) is 65.5 Å². The van der Waals surface area contributed by atoms with Crippen LogP contribution in [0.1, 0.15) is 27.1 Å². The molecule has 3 rings (SSSR count). The number of rotatable bonds is 7. The number of halogens is 1. The summed E-state index contributed by atoms with van der Waals surface area (Å²) < 4.78 is 18.3. The topological polar surface area (TPSA) is 70.7 Å². The lowest BCUT2D eigenvalue weighted by atomic mass is 10.1. The maximum atomic E-state index is 13.0. The third kappa shape index (κ3) is 5.87. The van der Waals surface area contributed by atoms with Gasteiger partial charge in [0.15, 0.2) is 0 Å². The molecule has 1 aliphatic rings. The van der Waals surface area contributed by atoms with E-state index < -0.39 is 5.82 Å². The number of carbonyl (C=O) groups is 2. The number of hydrogen-bond acceptors (Lipinski definition) is 4. The molecule has 2 amide bonds. The van der Waals surface area contributed by atoms with Crippen molar-refractivity contribution in [2.24, 2.45) is 0 Å². The molecule has 7 heteroatoms. The largest absolute Gasteiger partial charge is 0.379 e. The Kier molecular flexibility index (Phi) is 7.11. The Balaban J connectivity index is 1.48. The lowest BCUT2D eigenvalue weighted by Gasteiger charge is -2.26. The van der Waals surface area contributed by atoms with Gasteiger partial charge in [0.05, 0.1) is 13.2 Å². The van der Waals surface area contributed by atoms with E-state index >= 15 is 0 Å². The van der Waals surface area contributed by atoms with Crippen molar-refractivity contribution in [3.63, 3.8) is 0 Å². The van der Waals surface area contributed by atoms with Crippen molar-refractivity contribution >= 4 is 17.5 Å². The van der Waals surface area contributed by atoms with E-state index in [9.17, 15) is 14.0 Å². The fourth-order valence-corrected chi connectivity index (χ4v) is 2.97. The summed E-state index contributed by atoms with van der Waals surface area (Å²) in [5, 5.41) is 5.63. The Hall–Kier alpha value is -2.77. The first-order valence-corrected chi connectivity index (χ1v) is 9.37. The number of benzene rings is 2. The molecule has 0 spiro atoms. The Morgan fingerprint density at radius 1 is 1.00 bits per heavy atom. The predicted octanol–water partition coefficient (Wildman–Crippen LogP) is 2.53. The zero-order valence-corrected chi connectivity index (χ0v) is 15.6. The molecule has 0 aromatic heterocycles. The lowest BCUT2D eigenvalue weighted by molar-refractivity contribution is 0.0374. The Bertz CT molecular complexity index is 805. The monoisotopic (exact) mass is 385 g/mol. The molecular formula is C21H24FN3O3. The highest BCUT2D eigenvalue weighted by Crippen LogP contribution is 2.13. The normalized spacial score (nSPS) is 14.5. The maximum absolute atomic E-state index is 13.0. The van der Waals surface area contributed by atoms with Gasteiger partial charge in [0.1, 0.15) is 5.82 Å². The fourth-order valence-electron chi connectivity index (χ4n) is 2.97.